The third kappa shape index (κ3) is 5.72. The van der Waals surface area contributed by atoms with Crippen LogP contribution in [0.5, 0.6) is 0 Å². The molecule has 1 aliphatic heterocycles. The first-order valence-electron chi connectivity index (χ1n) is 8.96. The van der Waals surface area contributed by atoms with Gasteiger partial charge in [-0.15, -0.1) is 0 Å². The lowest BCUT2D eigenvalue weighted by molar-refractivity contribution is 0.00741. The summed E-state index contributed by atoms with van der Waals surface area (Å²) < 4.78 is 8.74. The molecule has 1 unspecified atom stereocenters. The van der Waals surface area contributed by atoms with Gasteiger partial charge in [-0.1, -0.05) is 13.8 Å². The van der Waals surface area contributed by atoms with Crippen molar-refractivity contribution in [2.24, 2.45) is 18.0 Å². The maximum Gasteiger partial charge on any atom is 0.193 e. The Morgan fingerprint density at radius 2 is 2.08 bits per heavy atom. The zero-order valence-electron chi connectivity index (χ0n) is 16.1. The largest absolute Gasteiger partial charge is 0.379 e. The fraction of sp³-hybridized carbons (Fsp3) is 0.722. The molecule has 0 aliphatic carbocycles. The van der Waals surface area contributed by atoms with Crippen LogP contribution in [0.3, 0.4) is 0 Å². The summed E-state index contributed by atoms with van der Waals surface area (Å²) in [6.45, 7) is 9.97. The molecule has 0 saturated carbocycles. The van der Waals surface area contributed by atoms with Crippen LogP contribution < -0.4 is 5.32 Å². The standard InChI is InChI=1S/C18H32BrN5O/c1-14(2)17(24-6-8-25-9-7-24)11-21-18(20-3)23(5)13-16-10-15(19)12-22(16)4/h10,12,14,17H,6-9,11,13H2,1-5H3,(H,20,21). The predicted octanol–water partition coefficient (Wildman–Crippen LogP) is 2.15. The second-order valence-electron chi connectivity index (χ2n) is 7.00. The molecular weight excluding hydrogens is 382 g/mol. The number of aryl methyl sites for hydroxylation is 1. The molecule has 1 fully saturated rings. The van der Waals surface area contributed by atoms with Crippen LogP contribution in [0.25, 0.3) is 0 Å². The average Bonchev–Trinajstić information content (AvgIpc) is 2.89. The fourth-order valence-electron chi connectivity index (χ4n) is 3.32. The zero-order chi connectivity index (χ0) is 18.4. The van der Waals surface area contributed by atoms with Gasteiger partial charge in [0, 0.05) is 63.2 Å². The van der Waals surface area contributed by atoms with Crippen molar-refractivity contribution in [3.8, 4) is 0 Å². The van der Waals surface area contributed by atoms with E-state index in [4.69, 9.17) is 4.74 Å². The second kappa shape index (κ2) is 9.59. The van der Waals surface area contributed by atoms with Crippen molar-refractivity contribution in [3.63, 3.8) is 0 Å². The number of hydrogen-bond acceptors (Lipinski definition) is 3. The Kier molecular flexibility index (Phi) is 7.78. The van der Waals surface area contributed by atoms with E-state index in [0.29, 0.717) is 12.0 Å². The molecule has 6 nitrogen and oxygen atoms in total. The molecule has 2 heterocycles. The van der Waals surface area contributed by atoms with Crippen LogP contribution in [0.2, 0.25) is 0 Å². The zero-order valence-corrected chi connectivity index (χ0v) is 17.7. The van der Waals surface area contributed by atoms with Crippen molar-refractivity contribution in [1.29, 1.82) is 0 Å². The Hall–Kier alpha value is -1.05. The molecule has 0 spiro atoms. The van der Waals surface area contributed by atoms with Crippen LogP contribution in [0.1, 0.15) is 19.5 Å². The number of guanidine groups is 1. The molecule has 1 aliphatic rings. The quantitative estimate of drug-likeness (QED) is 0.573. The summed E-state index contributed by atoms with van der Waals surface area (Å²) in [5, 5.41) is 3.57. The normalized spacial score (nSPS) is 17.8. The molecule has 25 heavy (non-hydrogen) atoms. The summed E-state index contributed by atoms with van der Waals surface area (Å²) in [6, 6.07) is 2.63. The van der Waals surface area contributed by atoms with E-state index in [0.717, 1.165) is 49.8 Å². The number of ether oxygens (including phenoxy) is 1. The van der Waals surface area contributed by atoms with Crippen LogP contribution in [0, 0.1) is 5.92 Å². The van der Waals surface area contributed by atoms with Gasteiger partial charge in [0.15, 0.2) is 5.96 Å². The van der Waals surface area contributed by atoms with E-state index in [1.165, 1.54) is 5.69 Å². The molecule has 0 bridgehead atoms. The average molecular weight is 414 g/mol. The van der Waals surface area contributed by atoms with E-state index in [1.54, 1.807) is 0 Å². The third-order valence-electron chi connectivity index (χ3n) is 4.80. The molecule has 1 N–H and O–H groups in total. The maximum atomic E-state index is 5.49. The van der Waals surface area contributed by atoms with Crippen LogP contribution in [0.15, 0.2) is 21.7 Å². The summed E-state index contributed by atoms with van der Waals surface area (Å²) >= 11 is 3.54. The molecular formula is C18H32BrN5O. The van der Waals surface area contributed by atoms with Crippen LogP contribution >= 0.6 is 15.9 Å². The van der Waals surface area contributed by atoms with Gasteiger partial charge in [-0.25, -0.2) is 0 Å². The lowest BCUT2D eigenvalue weighted by atomic mass is 10.0. The van der Waals surface area contributed by atoms with Crippen molar-refractivity contribution in [2.45, 2.75) is 26.4 Å². The van der Waals surface area contributed by atoms with Gasteiger partial charge in [-0.3, -0.25) is 9.89 Å². The molecule has 1 saturated heterocycles. The van der Waals surface area contributed by atoms with E-state index in [-0.39, 0.29) is 0 Å². The summed E-state index contributed by atoms with van der Waals surface area (Å²) in [7, 11) is 5.99. The lowest BCUT2D eigenvalue weighted by Crippen LogP contribution is -2.52. The first-order chi connectivity index (χ1) is 11.9. The molecule has 0 aromatic carbocycles. The highest BCUT2D eigenvalue weighted by Crippen LogP contribution is 2.15. The first kappa shape index (κ1) is 20.3. The Bertz CT molecular complexity index is 566. The fourth-order valence-corrected chi connectivity index (χ4v) is 3.89. The highest BCUT2D eigenvalue weighted by atomic mass is 79.9. The minimum absolute atomic E-state index is 0.484. The Morgan fingerprint density at radius 3 is 2.60 bits per heavy atom. The van der Waals surface area contributed by atoms with Crippen LogP contribution in [-0.4, -0.2) is 73.3 Å². The molecule has 1 atom stereocenters. The van der Waals surface area contributed by atoms with Crippen molar-refractivity contribution < 1.29 is 4.74 Å². The number of halogens is 1. The van der Waals surface area contributed by atoms with Gasteiger partial charge < -0.3 is 19.5 Å². The maximum absolute atomic E-state index is 5.49. The van der Waals surface area contributed by atoms with E-state index < -0.39 is 0 Å². The summed E-state index contributed by atoms with van der Waals surface area (Å²) in [5.74, 6) is 1.51. The number of nitrogens with one attached hydrogen (secondary N) is 1. The minimum atomic E-state index is 0.484. The van der Waals surface area contributed by atoms with E-state index in [2.05, 4.69) is 80.8 Å². The van der Waals surface area contributed by atoms with Crippen LogP contribution in [0.4, 0.5) is 0 Å². The molecule has 0 radical (unpaired) electrons. The molecule has 0 amide bonds. The number of nitrogens with zero attached hydrogens (tertiary/aromatic N) is 4. The van der Waals surface area contributed by atoms with Gasteiger partial charge in [-0.05, 0) is 27.9 Å². The first-order valence-corrected chi connectivity index (χ1v) is 9.76. The van der Waals surface area contributed by atoms with E-state index in [1.807, 2.05) is 7.05 Å². The van der Waals surface area contributed by atoms with Gasteiger partial charge >= 0.3 is 0 Å². The van der Waals surface area contributed by atoms with Gasteiger partial charge in [0.05, 0.1) is 19.8 Å². The summed E-state index contributed by atoms with van der Waals surface area (Å²) in [4.78, 5) is 9.16. The van der Waals surface area contributed by atoms with Gasteiger partial charge in [0.1, 0.15) is 0 Å². The molecule has 1 aromatic rings. The minimum Gasteiger partial charge on any atom is -0.379 e. The third-order valence-corrected chi connectivity index (χ3v) is 5.23. The highest BCUT2D eigenvalue weighted by molar-refractivity contribution is 9.10. The second-order valence-corrected chi connectivity index (χ2v) is 7.92. The number of hydrogen-bond donors (Lipinski definition) is 1. The Morgan fingerprint density at radius 1 is 1.40 bits per heavy atom. The number of aliphatic imine (C=N–C) groups is 1. The van der Waals surface area contributed by atoms with Gasteiger partial charge in [0.2, 0.25) is 0 Å². The number of rotatable bonds is 6. The van der Waals surface area contributed by atoms with Gasteiger partial charge in [-0.2, -0.15) is 0 Å². The van der Waals surface area contributed by atoms with Crippen LogP contribution in [-0.2, 0) is 18.3 Å². The molecule has 7 heteroatoms. The monoisotopic (exact) mass is 413 g/mol. The lowest BCUT2D eigenvalue weighted by Gasteiger charge is -2.37. The predicted molar refractivity (Wildman–Crippen MR) is 107 cm³/mol. The number of aromatic nitrogens is 1. The SMILES string of the molecule is CN=C(NCC(C(C)C)N1CCOCC1)N(C)Cc1cc(Br)cn1C. The highest BCUT2D eigenvalue weighted by Gasteiger charge is 2.24. The van der Waals surface area contributed by atoms with Crippen molar-refractivity contribution >= 4 is 21.9 Å². The van der Waals surface area contributed by atoms with Crippen molar-refractivity contribution in [2.75, 3.05) is 46.9 Å². The van der Waals surface area contributed by atoms with Gasteiger partial charge in [0.25, 0.3) is 0 Å². The number of morpholine rings is 1. The van der Waals surface area contributed by atoms with E-state index >= 15 is 0 Å². The molecule has 2 rings (SSSR count). The molecule has 142 valence electrons. The molecule has 1 aromatic heterocycles. The summed E-state index contributed by atoms with van der Waals surface area (Å²) in [5.41, 5.74) is 1.24. The smallest absolute Gasteiger partial charge is 0.193 e. The Balaban J connectivity index is 1.94. The van der Waals surface area contributed by atoms with Crippen molar-refractivity contribution in [3.05, 3.63) is 22.4 Å². The van der Waals surface area contributed by atoms with Crippen molar-refractivity contribution in [1.82, 2.24) is 19.7 Å². The topological polar surface area (TPSA) is 45.0 Å². The summed E-state index contributed by atoms with van der Waals surface area (Å²) in [6.07, 6.45) is 2.08. The van der Waals surface area contributed by atoms with E-state index in [9.17, 15) is 0 Å². The Labute approximate surface area is 160 Å².